The lowest BCUT2D eigenvalue weighted by molar-refractivity contribution is 0.0415. The van der Waals surface area contributed by atoms with E-state index in [4.69, 9.17) is 9.47 Å². The summed E-state index contributed by atoms with van der Waals surface area (Å²) in [4.78, 5) is 28.5. The third-order valence-corrected chi connectivity index (χ3v) is 5.09. The van der Waals surface area contributed by atoms with Crippen LogP contribution in [0.4, 0.5) is 4.79 Å². The van der Waals surface area contributed by atoms with Crippen LogP contribution in [0.15, 0.2) is 30.3 Å². The van der Waals surface area contributed by atoms with Crippen LogP contribution in [0.2, 0.25) is 0 Å². The van der Waals surface area contributed by atoms with Gasteiger partial charge in [0.1, 0.15) is 11.4 Å². The van der Waals surface area contributed by atoms with E-state index in [1.807, 2.05) is 29.2 Å². The smallest absolute Gasteiger partial charge is 0.319 e. The van der Waals surface area contributed by atoms with E-state index in [-0.39, 0.29) is 18.0 Å². The van der Waals surface area contributed by atoms with E-state index < -0.39 is 0 Å². The second kappa shape index (κ2) is 10.1. The van der Waals surface area contributed by atoms with Crippen LogP contribution < -0.4 is 10.1 Å². The SMILES string of the molecule is COc1cccc(-c2cc(C(=O)NCCN(C(=O)N(C)C)C3CCOCC3)[nH]n2)c1. The van der Waals surface area contributed by atoms with Gasteiger partial charge in [-0.15, -0.1) is 0 Å². The van der Waals surface area contributed by atoms with Gasteiger partial charge in [-0.2, -0.15) is 5.10 Å². The lowest BCUT2D eigenvalue weighted by Gasteiger charge is -2.36. The first-order valence-electron chi connectivity index (χ1n) is 10.0. The number of carbonyl (C=O) groups is 2. The van der Waals surface area contributed by atoms with E-state index in [0.29, 0.717) is 37.7 Å². The van der Waals surface area contributed by atoms with Gasteiger partial charge in [0, 0.05) is 52.0 Å². The molecule has 0 atom stereocenters. The number of nitrogens with zero attached hydrogens (tertiary/aromatic N) is 3. The van der Waals surface area contributed by atoms with Crippen molar-refractivity contribution in [1.29, 1.82) is 0 Å². The van der Waals surface area contributed by atoms with Crippen molar-refractivity contribution in [2.45, 2.75) is 18.9 Å². The van der Waals surface area contributed by atoms with Gasteiger partial charge in [0.15, 0.2) is 0 Å². The molecule has 162 valence electrons. The average molecular weight is 415 g/mol. The minimum atomic E-state index is -0.263. The van der Waals surface area contributed by atoms with Crippen molar-refractivity contribution in [2.75, 3.05) is 47.5 Å². The maximum atomic E-state index is 12.6. The van der Waals surface area contributed by atoms with Crippen molar-refractivity contribution in [3.63, 3.8) is 0 Å². The maximum Gasteiger partial charge on any atom is 0.319 e. The van der Waals surface area contributed by atoms with Gasteiger partial charge in [-0.3, -0.25) is 9.89 Å². The number of ether oxygens (including phenoxy) is 2. The summed E-state index contributed by atoms with van der Waals surface area (Å²) >= 11 is 0. The lowest BCUT2D eigenvalue weighted by Crippen LogP contribution is -2.50. The Balaban J connectivity index is 1.59. The number of hydrogen-bond acceptors (Lipinski definition) is 5. The summed E-state index contributed by atoms with van der Waals surface area (Å²) in [5, 5.41) is 9.87. The summed E-state index contributed by atoms with van der Waals surface area (Å²) in [5.74, 6) is 0.459. The minimum absolute atomic E-state index is 0.0574. The molecule has 2 N–H and O–H groups in total. The highest BCUT2D eigenvalue weighted by molar-refractivity contribution is 5.93. The lowest BCUT2D eigenvalue weighted by atomic mass is 10.1. The molecule has 1 aromatic carbocycles. The molecule has 3 rings (SSSR count). The summed E-state index contributed by atoms with van der Waals surface area (Å²) in [6.45, 7) is 2.08. The van der Waals surface area contributed by atoms with Crippen molar-refractivity contribution in [1.82, 2.24) is 25.3 Å². The van der Waals surface area contributed by atoms with E-state index in [1.54, 1.807) is 32.2 Å². The molecule has 9 nitrogen and oxygen atoms in total. The molecule has 1 saturated heterocycles. The molecule has 1 aromatic heterocycles. The van der Waals surface area contributed by atoms with Crippen LogP contribution in [0.3, 0.4) is 0 Å². The molecule has 1 fully saturated rings. The second-order valence-electron chi connectivity index (χ2n) is 7.37. The summed E-state index contributed by atoms with van der Waals surface area (Å²) in [5.41, 5.74) is 1.88. The van der Waals surface area contributed by atoms with E-state index in [9.17, 15) is 9.59 Å². The first kappa shape index (κ1) is 21.6. The number of H-pyrrole nitrogens is 1. The number of carbonyl (C=O) groups excluding carboxylic acids is 2. The van der Waals surface area contributed by atoms with Crippen molar-refractivity contribution in [2.24, 2.45) is 0 Å². The highest BCUT2D eigenvalue weighted by Crippen LogP contribution is 2.22. The van der Waals surface area contributed by atoms with Gasteiger partial charge >= 0.3 is 6.03 Å². The molecule has 3 amide bonds. The molecule has 0 saturated carbocycles. The zero-order valence-corrected chi connectivity index (χ0v) is 17.7. The summed E-state index contributed by atoms with van der Waals surface area (Å²) in [6, 6.07) is 9.24. The largest absolute Gasteiger partial charge is 0.497 e. The molecule has 1 aliphatic rings. The van der Waals surface area contributed by atoms with Crippen LogP contribution in [0, 0.1) is 0 Å². The van der Waals surface area contributed by atoms with E-state index in [0.717, 1.165) is 24.2 Å². The van der Waals surface area contributed by atoms with E-state index in [2.05, 4.69) is 15.5 Å². The molecular weight excluding hydrogens is 386 g/mol. The van der Waals surface area contributed by atoms with E-state index >= 15 is 0 Å². The van der Waals surface area contributed by atoms with Gasteiger partial charge < -0.3 is 24.6 Å². The van der Waals surface area contributed by atoms with Crippen LogP contribution in [-0.2, 0) is 4.74 Å². The number of urea groups is 1. The number of benzene rings is 1. The summed E-state index contributed by atoms with van der Waals surface area (Å²) < 4.78 is 10.6. The van der Waals surface area contributed by atoms with Crippen LogP contribution in [0.5, 0.6) is 5.75 Å². The summed E-state index contributed by atoms with van der Waals surface area (Å²) in [6.07, 6.45) is 1.61. The number of aromatic amines is 1. The molecule has 2 aromatic rings. The average Bonchev–Trinajstić information content (AvgIpc) is 3.27. The standard InChI is InChI=1S/C21H29N5O4/c1-25(2)21(28)26(16-7-11-30-12-8-16)10-9-22-20(27)19-14-18(23-24-19)15-5-4-6-17(13-15)29-3/h4-6,13-14,16H,7-12H2,1-3H3,(H,22,27)(H,23,24). The van der Waals surface area contributed by atoms with E-state index in [1.165, 1.54) is 0 Å². The van der Waals surface area contributed by atoms with Crippen LogP contribution in [-0.4, -0.2) is 85.5 Å². The van der Waals surface area contributed by atoms with Gasteiger partial charge in [-0.25, -0.2) is 4.79 Å². The van der Waals surface area contributed by atoms with Gasteiger partial charge in [-0.1, -0.05) is 12.1 Å². The molecule has 0 aliphatic carbocycles. The Morgan fingerprint density at radius 2 is 2.03 bits per heavy atom. The molecule has 0 bridgehead atoms. The van der Waals surface area contributed by atoms with Crippen molar-refractivity contribution < 1.29 is 19.1 Å². The number of amides is 3. The zero-order valence-electron chi connectivity index (χ0n) is 17.7. The normalized spacial score (nSPS) is 14.2. The number of nitrogens with one attached hydrogen (secondary N) is 2. The van der Waals surface area contributed by atoms with Crippen molar-refractivity contribution >= 4 is 11.9 Å². The fraction of sp³-hybridized carbons (Fsp3) is 0.476. The van der Waals surface area contributed by atoms with Crippen LogP contribution >= 0.6 is 0 Å². The van der Waals surface area contributed by atoms with Crippen molar-refractivity contribution in [3.8, 4) is 17.0 Å². The third kappa shape index (κ3) is 5.29. The number of rotatable bonds is 7. The fourth-order valence-corrected chi connectivity index (χ4v) is 3.44. The quantitative estimate of drug-likeness (QED) is 0.720. The monoisotopic (exact) mass is 415 g/mol. The number of aromatic nitrogens is 2. The molecule has 0 radical (unpaired) electrons. The van der Waals surface area contributed by atoms with Crippen LogP contribution in [0.1, 0.15) is 23.3 Å². The predicted octanol–water partition coefficient (Wildman–Crippen LogP) is 1.98. The zero-order chi connectivity index (χ0) is 21.5. The molecule has 2 heterocycles. The Bertz CT molecular complexity index is 861. The van der Waals surface area contributed by atoms with Gasteiger partial charge in [-0.05, 0) is 31.0 Å². The van der Waals surface area contributed by atoms with Crippen molar-refractivity contribution in [3.05, 3.63) is 36.0 Å². The third-order valence-electron chi connectivity index (χ3n) is 5.09. The molecule has 1 aliphatic heterocycles. The summed E-state index contributed by atoms with van der Waals surface area (Å²) in [7, 11) is 5.07. The first-order chi connectivity index (χ1) is 14.5. The minimum Gasteiger partial charge on any atom is -0.497 e. The molecule has 0 spiro atoms. The highest BCUT2D eigenvalue weighted by atomic mass is 16.5. The molecule has 30 heavy (non-hydrogen) atoms. The predicted molar refractivity (Wildman–Crippen MR) is 113 cm³/mol. The number of methoxy groups -OCH3 is 1. The Kier molecular flexibility index (Phi) is 7.29. The molecular formula is C21H29N5O4. The molecule has 9 heteroatoms. The topological polar surface area (TPSA) is 99.8 Å². The van der Waals surface area contributed by atoms with Gasteiger partial charge in [0.2, 0.25) is 0 Å². The second-order valence-corrected chi connectivity index (χ2v) is 7.37. The maximum absolute atomic E-state index is 12.6. The highest BCUT2D eigenvalue weighted by Gasteiger charge is 2.26. The van der Waals surface area contributed by atoms with Gasteiger partial charge in [0.05, 0.1) is 12.8 Å². The Morgan fingerprint density at radius 3 is 2.73 bits per heavy atom. The Morgan fingerprint density at radius 1 is 1.27 bits per heavy atom. The first-order valence-corrected chi connectivity index (χ1v) is 10.0. The van der Waals surface area contributed by atoms with Crippen LogP contribution in [0.25, 0.3) is 11.3 Å². The Labute approximate surface area is 176 Å². The Hall–Kier alpha value is -3.07. The molecule has 0 unspecified atom stereocenters. The fourth-order valence-electron chi connectivity index (χ4n) is 3.44. The number of hydrogen-bond donors (Lipinski definition) is 2. The van der Waals surface area contributed by atoms with Gasteiger partial charge in [0.25, 0.3) is 5.91 Å².